The van der Waals surface area contributed by atoms with Crippen molar-refractivity contribution in [1.29, 1.82) is 0 Å². The van der Waals surface area contributed by atoms with Gasteiger partial charge in [0.05, 0.1) is 0 Å². The lowest BCUT2D eigenvalue weighted by Crippen LogP contribution is -1.91. The zero-order chi connectivity index (χ0) is 8.81. The number of oxime groups is 1. The van der Waals surface area contributed by atoms with Crippen LogP contribution in [0, 0.1) is 0 Å². The summed E-state index contributed by atoms with van der Waals surface area (Å²) in [5, 5.41) is 11.4. The van der Waals surface area contributed by atoms with Gasteiger partial charge >= 0.3 is 0 Å². The lowest BCUT2D eigenvalue weighted by atomic mass is 10.1. The second-order valence-electron chi connectivity index (χ2n) is 2.46. The first-order chi connectivity index (χ1) is 5.83. The lowest BCUT2D eigenvalue weighted by molar-refractivity contribution is 0.319. The maximum atomic E-state index is 8.27. The predicted octanol–water partition coefficient (Wildman–Crippen LogP) is 2.65. The fourth-order valence-corrected chi connectivity index (χ4v) is 1.04. The van der Waals surface area contributed by atoms with Crippen LogP contribution in [0.4, 0.5) is 0 Å². The van der Waals surface area contributed by atoms with Crippen molar-refractivity contribution in [2.75, 3.05) is 0 Å². The van der Waals surface area contributed by atoms with Crippen LogP contribution in [0.25, 0.3) is 0 Å². The molecule has 0 saturated carbocycles. The molecule has 1 aromatic rings. The van der Waals surface area contributed by atoms with E-state index >= 15 is 0 Å². The predicted molar refractivity (Wildman–Crippen MR) is 49.8 cm³/mol. The molecule has 64 valence electrons. The molecule has 0 radical (unpaired) electrons. The molecule has 0 aromatic heterocycles. The van der Waals surface area contributed by atoms with Gasteiger partial charge < -0.3 is 5.21 Å². The average Bonchev–Trinajstić information content (AvgIpc) is 2.16. The summed E-state index contributed by atoms with van der Waals surface area (Å²) in [6.07, 6.45) is 1.39. The molecule has 2 nitrogen and oxygen atoms in total. The van der Waals surface area contributed by atoms with Crippen molar-refractivity contribution in [2.45, 2.75) is 12.8 Å². The van der Waals surface area contributed by atoms with Crippen LogP contribution >= 0.6 is 11.6 Å². The van der Waals surface area contributed by atoms with Crippen LogP contribution in [0.1, 0.15) is 12.0 Å². The minimum atomic E-state index is 0.249. The van der Waals surface area contributed by atoms with Crippen molar-refractivity contribution < 1.29 is 5.21 Å². The van der Waals surface area contributed by atoms with E-state index in [1.165, 1.54) is 5.56 Å². The number of benzene rings is 1. The molecule has 0 aliphatic carbocycles. The van der Waals surface area contributed by atoms with E-state index in [0.29, 0.717) is 6.42 Å². The fourth-order valence-electron chi connectivity index (χ4n) is 0.942. The Balaban J connectivity index is 2.44. The molecule has 1 aromatic carbocycles. The molecule has 0 atom stereocenters. The van der Waals surface area contributed by atoms with Crippen molar-refractivity contribution in [3.8, 4) is 0 Å². The van der Waals surface area contributed by atoms with Crippen LogP contribution in [0.3, 0.4) is 0 Å². The summed E-state index contributed by atoms with van der Waals surface area (Å²) < 4.78 is 0. The van der Waals surface area contributed by atoms with Gasteiger partial charge in [0.25, 0.3) is 0 Å². The van der Waals surface area contributed by atoms with Gasteiger partial charge in [-0.2, -0.15) is 0 Å². The molecule has 0 amide bonds. The van der Waals surface area contributed by atoms with Gasteiger partial charge in [-0.25, -0.2) is 0 Å². The van der Waals surface area contributed by atoms with E-state index in [9.17, 15) is 0 Å². The molecule has 0 fully saturated rings. The maximum Gasteiger partial charge on any atom is 0.145 e. The van der Waals surface area contributed by atoms with E-state index in [2.05, 4.69) is 5.16 Å². The molecular weight excluding hydrogens is 174 g/mol. The normalized spacial score (nSPS) is 11.6. The summed E-state index contributed by atoms with van der Waals surface area (Å²) in [4.78, 5) is 0. The standard InChI is InChI=1S/C9H10ClNO/c10-9(11-12)7-6-8-4-2-1-3-5-8/h1-5,12H,6-7H2/b11-9-. The Morgan fingerprint density at radius 3 is 2.58 bits per heavy atom. The van der Waals surface area contributed by atoms with Crippen LogP contribution < -0.4 is 0 Å². The fraction of sp³-hybridized carbons (Fsp3) is 0.222. The lowest BCUT2D eigenvalue weighted by Gasteiger charge is -1.97. The van der Waals surface area contributed by atoms with Crippen LogP contribution in [0.2, 0.25) is 0 Å². The van der Waals surface area contributed by atoms with E-state index in [4.69, 9.17) is 16.8 Å². The van der Waals surface area contributed by atoms with Crippen molar-refractivity contribution >= 4 is 16.8 Å². The summed E-state index contributed by atoms with van der Waals surface area (Å²) >= 11 is 5.52. The molecule has 12 heavy (non-hydrogen) atoms. The van der Waals surface area contributed by atoms with Crippen molar-refractivity contribution in [1.82, 2.24) is 0 Å². The number of hydrogen-bond acceptors (Lipinski definition) is 2. The van der Waals surface area contributed by atoms with Crippen LogP contribution in [0.15, 0.2) is 35.5 Å². The summed E-state index contributed by atoms with van der Waals surface area (Å²) in [6.45, 7) is 0. The molecule has 1 rings (SSSR count). The van der Waals surface area contributed by atoms with E-state index < -0.39 is 0 Å². The third-order valence-electron chi connectivity index (χ3n) is 1.57. The molecule has 0 heterocycles. The highest BCUT2D eigenvalue weighted by Crippen LogP contribution is 2.04. The van der Waals surface area contributed by atoms with Gasteiger partial charge in [0.1, 0.15) is 5.17 Å². The number of hydrogen-bond donors (Lipinski definition) is 1. The molecule has 0 unspecified atom stereocenters. The monoisotopic (exact) mass is 183 g/mol. The number of halogens is 1. The second-order valence-corrected chi connectivity index (χ2v) is 2.90. The molecule has 1 N–H and O–H groups in total. The largest absolute Gasteiger partial charge is 0.410 e. The molecule has 0 bridgehead atoms. The van der Waals surface area contributed by atoms with Crippen molar-refractivity contribution in [3.63, 3.8) is 0 Å². The molecule has 0 aliphatic heterocycles. The molecule has 0 aliphatic rings. The SMILES string of the molecule is O/N=C(\Cl)CCc1ccccc1. The Morgan fingerprint density at radius 1 is 1.33 bits per heavy atom. The average molecular weight is 184 g/mol. The van der Waals surface area contributed by atoms with Crippen molar-refractivity contribution in [3.05, 3.63) is 35.9 Å². The number of nitrogens with zero attached hydrogens (tertiary/aromatic N) is 1. The van der Waals surface area contributed by atoms with Gasteiger partial charge in [-0.1, -0.05) is 47.1 Å². The van der Waals surface area contributed by atoms with Gasteiger partial charge in [-0.3, -0.25) is 0 Å². The molecular formula is C9H10ClNO. The van der Waals surface area contributed by atoms with Crippen LogP contribution in [-0.4, -0.2) is 10.4 Å². The van der Waals surface area contributed by atoms with Gasteiger partial charge in [0.15, 0.2) is 0 Å². The van der Waals surface area contributed by atoms with Gasteiger partial charge in [-0.05, 0) is 12.0 Å². The van der Waals surface area contributed by atoms with E-state index in [1.54, 1.807) is 0 Å². The summed E-state index contributed by atoms with van der Waals surface area (Å²) in [5.74, 6) is 0. The van der Waals surface area contributed by atoms with Gasteiger partial charge in [-0.15, -0.1) is 0 Å². The van der Waals surface area contributed by atoms with Gasteiger partial charge in [0, 0.05) is 6.42 Å². The van der Waals surface area contributed by atoms with E-state index in [1.807, 2.05) is 30.3 Å². The first-order valence-electron chi connectivity index (χ1n) is 3.73. The highest BCUT2D eigenvalue weighted by molar-refractivity contribution is 6.65. The Morgan fingerprint density at radius 2 is 2.00 bits per heavy atom. The summed E-state index contributed by atoms with van der Waals surface area (Å²) in [6, 6.07) is 9.94. The van der Waals surface area contributed by atoms with E-state index in [-0.39, 0.29) is 5.17 Å². The third kappa shape index (κ3) is 2.93. The topological polar surface area (TPSA) is 32.6 Å². The Labute approximate surface area is 76.5 Å². The van der Waals surface area contributed by atoms with Crippen molar-refractivity contribution in [2.24, 2.45) is 5.16 Å². The summed E-state index contributed by atoms with van der Waals surface area (Å²) in [7, 11) is 0. The Kier molecular flexibility index (Phi) is 3.61. The highest BCUT2D eigenvalue weighted by atomic mass is 35.5. The Bertz CT molecular complexity index is 258. The third-order valence-corrected chi connectivity index (χ3v) is 1.84. The number of rotatable bonds is 3. The molecule has 3 heteroatoms. The summed E-state index contributed by atoms with van der Waals surface area (Å²) in [5.41, 5.74) is 1.19. The minimum absolute atomic E-state index is 0.249. The zero-order valence-electron chi connectivity index (χ0n) is 6.57. The molecule has 0 spiro atoms. The zero-order valence-corrected chi connectivity index (χ0v) is 7.33. The second kappa shape index (κ2) is 4.78. The first-order valence-corrected chi connectivity index (χ1v) is 4.11. The highest BCUT2D eigenvalue weighted by Gasteiger charge is 1.95. The minimum Gasteiger partial charge on any atom is -0.410 e. The smallest absolute Gasteiger partial charge is 0.145 e. The first kappa shape index (κ1) is 9.07. The number of aryl methyl sites for hydroxylation is 1. The maximum absolute atomic E-state index is 8.27. The Hall–Kier alpha value is -1.02. The van der Waals surface area contributed by atoms with E-state index in [0.717, 1.165) is 6.42 Å². The van der Waals surface area contributed by atoms with Crippen LogP contribution in [0.5, 0.6) is 0 Å². The van der Waals surface area contributed by atoms with Gasteiger partial charge in [0.2, 0.25) is 0 Å². The molecule has 0 saturated heterocycles. The van der Waals surface area contributed by atoms with Crippen LogP contribution in [-0.2, 0) is 6.42 Å². The quantitative estimate of drug-likeness (QED) is 0.436.